The molecule has 9 rings (SSSR count). The topological polar surface area (TPSA) is 86.3 Å². The highest BCUT2D eigenvalue weighted by atomic mass is 19.1. The molecule has 5 aromatic rings. The number of pyridine rings is 1. The molecule has 0 amide bonds. The molecule has 2 bridgehead atoms. The second-order valence-electron chi connectivity index (χ2n) is 12.1. The SMILES string of the molecule is CCOC(=O)[C@@H]1[C@@H](Nc2nc(-c3cn(-c4ccc(F)cc4C)c4ncccc34)nn3cccc23)[C@@H]2CC[C@H]1C1CCC12. The van der Waals surface area contributed by atoms with E-state index in [-0.39, 0.29) is 23.7 Å². The van der Waals surface area contributed by atoms with E-state index < -0.39 is 0 Å². The summed E-state index contributed by atoms with van der Waals surface area (Å²) < 4.78 is 23.4. The lowest BCUT2D eigenvalue weighted by Gasteiger charge is -2.61. The van der Waals surface area contributed by atoms with Crippen LogP contribution in [0.5, 0.6) is 0 Å². The summed E-state index contributed by atoms with van der Waals surface area (Å²) in [4.78, 5) is 23.2. The molecule has 214 valence electrons. The van der Waals surface area contributed by atoms with E-state index in [1.165, 1.54) is 25.0 Å². The number of rotatable bonds is 6. The minimum absolute atomic E-state index is 0.0318. The van der Waals surface area contributed by atoms with Crippen LogP contribution in [0.25, 0.3) is 33.6 Å². The Kier molecular flexibility index (Phi) is 5.84. The van der Waals surface area contributed by atoms with Crippen LogP contribution in [0, 0.1) is 42.3 Å². The molecule has 9 heteroatoms. The third-order valence-corrected chi connectivity index (χ3v) is 10.1. The quantitative estimate of drug-likeness (QED) is 0.247. The summed E-state index contributed by atoms with van der Waals surface area (Å²) in [5, 5.41) is 9.59. The number of hydrogen-bond acceptors (Lipinski definition) is 6. The second-order valence-corrected chi connectivity index (χ2v) is 12.1. The van der Waals surface area contributed by atoms with Crippen molar-refractivity contribution in [2.24, 2.45) is 29.6 Å². The molecular weight excluding hydrogens is 531 g/mol. The molecule has 6 atom stereocenters. The largest absolute Gasteiger partial charge is 0.466 e. The number of benzene rings is 1. The number of halogens is 1. The van der Waals surface area contributed by atoms with E-state index in [4.69, 9.17) is 14.8 Å². The highest BCUT2D eigenvalue weighted by Gasteiger charge is 2.59. The van der Waals surface area contributed by atoms with Gasteiger partial charge in [0.2, 0.25) is 0 Å². The number of carbonyl (C=O) groups excluding carboxylic acids is 1. The van der Waals surface area contributed by atoms with Crippen LogP contribution in [0.3, 0.4) is 0 Å². The molecular formula is C33H33FN6O2. The monoisotopic (exact) mass is 564 g/mol. The van der Waals surface area contributed by atoms with Crippen molar-refractivity contribution in [1.29, 1.82) is 0 Å². The highest BCUT2D eigenvalue weighted by molar-refractivity contribution is 5.93. The average Bonchev–Trinajstić information content (AvgIpc) is 3.59. The third kappa shape index (κ3) is 3.78. The lowest BCUT2D eigenvalue weighted by atomic mass is 9.46. The van der Waals surface area contributed by atoms with Crippen molar-refractivity contribution in [1.82, 2.24) is 24.1 Å². The fraction of sp³-hybridized carbons (Fsp3) is 0.394. The lowest BCUT2D eigenvalue weighted by Crippen LogP contribution is -2.62. The molecule has 2 unspecified atom stereocenters. The number of anilines is 1. The van der Waals surface area contributed by atoms with Gasteiger partial charge in [0.25, 0.3) is 0 Å². The van der Waals surface area contributed by atoms with Gasteiger partial charge in [-0.2, -0.15) is 0 Å². The Hall–Kier alpha value is -4.27. The number of carbonyl (C=O) groups is 1. The normalized spacial score (nSPS) is 26.3. The summed E-state index contributed by atoms with van der Waals surface area (Å²) in [7, 11) is 0. The van der Waals surface area contributed by atoms with Gasteiger partial charge in [0.1, 0.15) is 17.0 Å². The maximum absolute atomic E-state index is 13.9. The summed E-state index contributed by atoms with van der Waals surface area (Å²) in [5.74, 6) is 2.82. The molecule has 8 nitrogen and oxygen atoms in total. The van der Waals surface area contributed by atoms with Crippen LogP contribution in [0.15, 0.2) is 61.1 Å². The predicted molar refractivity (Wildman–Crippen MR) is 158 cm³/mol. The van der Waals surface area contributed by atoms with Crippen molar-refractivity contribution in [3.8, 4) is 17.1 Å². The molecule has 1 N–H and O–H groups in total. The van der Waals surface area contributed by atoms with Gasteiger partial charge >= 0.3 is 5.97 Å². The molecule has 0 aliphatic heterocycles. The maximum Gasteiger partial charge on any atom is 0.311 e. The van der Waals surface area contributed by atoms with E-state index in [0.717, 1.165) is 52.0 Å². The molecule has 4 aliphatic rings. The standard InChI is InChI=1S/C33H33FN6O2/c1-3-42-33(41)28-22-11-12-23(21-10-9-20(21)22)29(28)36-31-27-7-5-15-40(27)38-30(37-31)25-17-39(32-24(25)6-4-14-35-32)26-13-8-19(34)16-18(26)2/h4-8,13-17,20-23,28-29H,3,9-12H2,1-2H3,(H,36,37,38)/t20?,21?,22-,23+,28-,29-/m0/s1. The van der Waals surface area contributed by atoms with Crippen LogP contribution < -0.4 is 5.32 Å². The number of aryl methyl sites for hydroxylation is 1. The fourth-order valence-electron chi connectivity index (χ4n) is 8.23. The van der Waals surface area contributed by atoms with Crippen molar-refractivity contribution in [2.45, 2.75) is 45.6 Å². The first-order valence-corrected chi connectivity index (χ1v) is 15.0. The first kappa shape index (κ1) is 25.4. The van der Waals surface area contributed by atoms with Crippen LogP contribution in [-0.2, 0) is 9.53 Å². The smallest absolute Gasteiger partial charge is 0.311 e. The number of aromatic nitrogens is 5. The third-order valence-electron chi connectivity index (χ3n) is 10.1. The Labute approximate surface area is 242 Å². The van der Waals surface area contributed by atoms with Gasteiger partial charge in [-0.15, -0.1) is 5.10 Å². The van der Waals surface area contributed by atoms with Gasteiger partial charge in [0.15, 0.2) is 11.6 Å². The average molecular weight is 565 g/mol. The second kappa shape index (κ2) is 9.64. The maximum atomic E-state index is 13.9. The van der Waals surface area contributed by atoms with Gasteiger partial charge in [-0.05, 0) is 111 Å². The van der Waals surface area contributed by atoms with Crippen LogP contribution >= 0.6 is 0 Å². The molecule has 0 spiro atoms. The van der Waals surface area contributed by atoms with Gasteiger partial charge in [0, 0.05) is 35.6 Å². The number of fused-ring (bicyclic) bond motifs is 4. The van der Waals surface area contributed by atoms with Gasteiger partial charge < -0.3 is 14.6 Å². The van der Waals surface area contributed by atoms with E-state index in [2.05, 4.69) is 10.3 Å². The Morgan fingerprint density at radius 3 is 2.69 bits per heavy atom. The van der Waals surface area contributed by atoms with Crippen molar-refractivity contribution in [3.63, 3.8) is 0 Å². The van der Waals surface area contributed by atoms with Gasteiger partial charge in [-0.3, -0.25) is 4.79 Å². The Morgan fingerprint density at radius 2 is 1.88 bits per heavy atom. The minimum atomic E-state index is -0.274. The summed E-state index contributed by atoms with van der Waals surface area (Å²) in [6.07, 6.45) is 10.3. The lowest BCUT2D eigenvalue weighted by molar-refractivity contribution is -0.166. The summed E-state index contributed by atoms with van der Waals surface area (Å²) >= 11 is 0. The van der Waals surface area contributed by atoms with Crippen LogP contribution in [0.1, 0.15) is 38.2 Å². The molecule has 4 aromatic heterocycles. The van der Waals surface area contributed by atoms with Crippen LogP contribution in [0.4, 0.5) is 10.2 Å². The molecule has 1 aromatic carbocycles. The van der Waals surface area contributed by atoms with Crippen LogP contribution in [0.2, 0.25) is 0 Å². The number of nitrogens with one attached hydrogen (secondary N) is 1. The Balaban J connectivity index is 1.24. The molecule has 4 aliphatic carbocycles. The zero-order valence-electron chi connectivity index (χ0n) is 23.7. The minimum Gasteiger partial charge on any atom is -0.466 e. The number of esters is 1. The highest BCUT2D eigenvalue weighted by Crippen LogP contribution is 2.60. The van der Waals surface area contributed by atoms with Gasteiger partial charge in [-0.1, -0.05) is 0 Å². The van der Waals surface area contributed by atoms with E-state index >= 15 is 0 Å². The van der Waals surface area contributed by atoms with Crippen molar-refractivity contribution in [3.05, 3.63) is 72.4 Å². The summed E-state index contributed by atoms with van der Waals surface area (Å²) in [6, 6.07) is 12.6. The number of hydrogen-bond donors (Lipinski definition) is 1. The molecule has 4 heterocycles. The van der Waals surface area contributed by atoms with Crippen LogP contribution in [-0.4, -0.2) is 42.8 Å². The van der Waals surface area contributed by atoms with E-state index in [1.807, 2.05) is 59.6 Å². The van der Waals surface area contributed by atoms with Crippen molar-refractivity contribution >= 4 is 28.3 Å². The van der Waals surface area contributed by atoms with Crippen molar-refractivity contribution in [2.75, 3.05) is 11.9 Å². The summed E-state index contributed by atoms with van der Waals surface area (Å²) in [5.41, 5.74) is 4.09. The van der Waals surface area contributed by atoms with E-state index in [0.29, 0.717) is 36.1 Å². The zero-order valence-corrected chi connectivity index (χ0v) is 23.7. The van der Waals surface area contributed by atoms with Gasteiger partial charge in [0.05, 0.1) is 18.2 Å². The van der Waals surface area contributed by atoms with E-state index in [1.54, 1.807) is 12.3 Å². The molecule has 42 heavy (non-hydrogen) atoms. The summed E-state index contributed by atoms with van der Waals surface area (Å²) in [6.45, 7) is 4.16. The predicted octanol–water partition coefficient (Wildman–Crippen LogP) is 6.21. The van der Waals surface area contributed by atoms with Gasteiger partial charge in [-0.25, -0.2) is 18.9 Å². The number of ether oxygens (including phenoxy) is 1. The zero-order chi connectivity index (χ0) is 28.5. The molecule has 4 fully saturated rings. The first-order valence-electron chi connectivity index (χ1n) is 15.0. The first-order chi connectivity index (χ1) is 20.5. The number of nitrogens with zero attached hydrogens (tertiary/aromatic N) is 5. The van der Waals surface area contributed by atoms with E-state index in [9.17, 15) is 9.18 Å². The van der Waals surface area contributed by atoms with Crippen molar-refractivity contribution < 1.29 is 13.9 Å². The molecule has 0 saturated heterocycles. The fourth-order valence-corrected chi connectivity index (χ4v) is 8.23. The Bertz CT molecular complexity index is 1850. The Morgan fingerprint density at radius 1 is 1.07 bits per heavy atom. The molecule has 0 radical (unpaired) electrons. The molecule has 4 saturated carbocycles.